The van der Waals surface area contributed by atoms with Crippen molar-refractivity contribution >= 4 is 29.0 Å². The average Bonchev–Trinajstić information content (AvgIpc) is 2.01. The van der Waals surface area contributed by atoms with Gasteiger partial charge in [-0.15, -0.1) is 0 Å². The van der Waals surface area contributed by atoms with Crippen LogP contribution in [0.1, 0.15) is 13.8 Å². The second-order valence-electron chi connectivity index (χ2n) is 2.75. The first kappa shape index (κ1) is 16.9. The van der Waals surface area contributed by atoms with Gasteiger partial charge in [-0.1, -0.05) is 0 Å². The van der Waals surface area contributed by atoms with Crippen LogP contribution in [0.3, 0.4) is 0 Å². The van der Waals surface area contributed by atoms with E-state index in [9.17, 15) is 17.3 Å². The van der Waals surface area contributed by atoms with Crippen molar-refractivity contribution in [3.05, 3.63) is 0 Å². The van der Waals surface area contributed by atoms with Crippen molar-refractivity contribution in [2.24, 2.45) is 0 Å². The first-order chi connectivity index (χ1) is 6.20. The van der Waals surface area contributed by atoms with Gasteiger partial charge in [-0.3, -0.25) is 0 Å². The van der Waals surface area contributed by atoms with Crippen LogP contribution in [-0.2, 0) is 21.8 Å². The molecule has 2 atom stereocenters. The molecule has 0 aromatic heterocycles. The van der Waals surface area contributed by atoms with Crippen LogP contribution in [0.5, 0.6) is 0 Å². The molecule has 14 heavy (non-hydrogen) atoms. The molecule has 0 saturated heterocycles. The van der Waals surface area contributed by atoms with Crippen molar-refractivity contribution in [2.75, 3.05) is 29.1 Å². The SMILES string of the molecule is CC[S+](C)C[S+](C)CC.F[B-](F)(F)F. The second kappa shape index (κ2) is 8.77. The zero-order valence-corrected chi connectivity index (χ0v) is 10.7. The molecule has 0 fully saturated rings. The highest BCUT2D eigenvalue weighted by atomic mass is 32.3. The van der Waals surface area contributed by atoms with Gasteiger partial charge >= 0.3 is 7.25 Å². The summed E-state index contributed by atoms with van der Waals surface area (Å²) in [6.07, 6.45) is 4.75. The summed E-state index contributed by atoms with van der Waals surface area (Å²) in [5.74, 6) is 2.74. The smallest absolute Gasteiger partial charge is 0.418 e. The molecule has 0 bridgehead atoms. The molecule has 7 heteroatoms. The van der Waals surface area contributed by atoms with Gasteiger partial charge in [-0.2, -0.15) is 0 Å². The third-order valence-corrected chi connectivity index (χ3v) is 6.58. The Bertz CT molecular complexity index is 117. The van der Waals surface area contributed by atoms with E-state index in [0.29, 0.717) is 21.8 Å². The predicted molar refractivity (Wildman–Crippen MR) is 62.7 cm³/mol. The first-order valence-corrected chi connectivity index (χ1v) is 8.20. The number of halogens is 4. The van der Waals surface area contributed by atoms with Crippen molar-refractivity contribution in [2.45, 2.75) is 13.8 Å². The maximum absolute atomic E-state index is 9.75. The Labute approximate surface area is 89.6 Å². The second-order valence-corrected chi connectivity index (χ2v) is 7.98. The summed E-state index contributed by atoms with van der Waals surface area (Å²) in [6, 6.07) is 0. The highest BCUT2D eigenvalue weighted by molar-refractivity contribution is 8.12. The lowest BCUT2D eigenvalue weighted by Crippen LogP contribution is -2.17. The Hall–Kier alpha value is 0.485. The highest BCUT2D eigenvalue weighted by Gasteiger charge is 2.20. The number of hydrogen-bond donors (Lipinski definition) is 0. The molecular weight excluding hydrogens is 235 g/mol. The molecule has 0 aromatic carbocycles. The third-order valence-electron chi connectivity index (χ3n) is 1.39. The molecular formula is C7H18BF4S2+. The summed E-state index contributed by atoms with van der Waals surface area (Å²) >= 11 is 0. The third kappa shape index (κ3) is 22.9. The van der Waals surface area contributed by atoms with Gasteiger partial charge in [0.1, 0.15) is 24.0 Å². The van der Waals surface area contributed by atoms with Crippen LogP contribution in [0.25, 0.3) is 0 Å². The van der Waals surface area contributed by atoms with E-state index in [1.165, 1.54) is 16.6 Å². The van der Waals surface area contributed by atoms with Crippen LogP contribution in [0.4, 0.5) is 17.3 Å². The van der Waals surface area contributed by atoms with Gasteiger partial charge in [0.15, 0.2) is 0 Å². The van der Waals surface area contributed by atoms with E-state index in [2.05, 4.69) is 26.4 Å². The van der Waals surface area contributed by atoms with Gasteiger partial charge in [-0.25, -0.2) is 0 Å². The van der Waals surface area contributed by atoms with E-state index in [1.807, 2.05) is 0 Å². The molecule has 0 radical (unpaired) electrons. The van der Waals surface area contributed by atoms with Gasteiger partial charge in [0.25, 0.3) is 5.08 Å². The summed E-state index contributed by atoms with van der Waals surface area (Å²) < 4.78 is 39.0. The molecule has 0 nitrogen and oxygen atoms in total. The van der Waals surface area contributed by atoms with Crippen molar-refractivity contribution in [1.29, 1.82) is 0 Å². The lowest BCUT2D eigenvalue weighted by Gasteiger charge is -1.98. The molecule has 0 spiro atoms. The molecule has 0 saturated carbocycles. The van der Waals surface area contributed by atoms with E-state index in [1.54, 1.807) is 0 Å². The predicted octanol–water partition coefficient (Wildman–Crippen LogP) is 2.78. The van der Waals surface area contributed by atoms with E-state index in [4.69, 9.17) is 0 Å². The van der Waals surface area contributed by atoms with Crippen molar-refractivity contribution in [1.82, 2.24) is 0 Å². The fraction of sp³-hybridized carbons (Fsp3) is 1.00. The maximum Gasteiger partial charge on any atom is 0.673 e. The summed E-state index contributed by atoms with van der Waals surface area (Å²) in [5.41, 5.74) is 0. The standard InChI is InChI=1S/C7H18S2.BF4/c1-5-8(3)7-9(4)6-2;2-1(3,4)5/h5-7H2,1-4H3;/q+2;-1. The Morgan fingerprint density at radius 1 is 0.857 bits per heavy atom. The number of rotatable bonds is 4. The van der Waals surface area contributed by atoms with E-state index in [0.717, 1.165) is 0 Å². The molecule has 0 aromatic rings. The Balaban J connectivity index is 0. The minimum Gasteiger partial charge on any atom is -0.418 e. The fourth-order valence-electron chi connectivity index (χ4n) is 0.510. The number of hydrogen-bond acceptors (Lipinski definition) is 0. The van der Waals surface area contributed by atoms with Crippen molar-refractivity contribution in [3.8, 4) is 0 Å². The molecule has 0 aliphatic heterocycles. The van der Waals surface area contributed by atoms with Crippen molar-refractivity contribution < 1.29 is 17.3 Å². The average molecular weight is 253 g/mol. The Morgan fingerprint density at radius 2 is 1.07 bits per heavy atom. The summed E-state index contributed by atoms with van der Waals surface area (Å²) in [4.78, 5) is 0. The molecule has 0 amide bonds. The fourth-order valence-corrected chi connectivity index (χ4v) is 4.59. The van der Waals surface area contributed by atoms with Gasteiger partial charge < -0.3 is 17.3 Å². The van der Waals surface area contributed by atoms with E-state index < -0.39 is 7.25 Å². The normalized spacial score (nSPS) is 15.4. The Kier molecular flexibility index (Phi) is 10.6. The molecule has 0 rings (SSSR count). The van der Waals surface area contributed by atoms with Crippen molar-refractivity contribution in [3.63, 3.8) is 0 Å². The topological polar surface area (TPSA) is 0 Å². The lowest BCUT2D eigenvalue weighted by molar-refractivity contribution is 0.368. The van der Waals surface area contributed by atoms with E-state index >= 15 is 0 Å². The van der Waals surface area contributed by atoms with Gasteiger partial charge in [-0.05, 0) is 13.8 Å². The summed E-state index contributed by atoms with van der Waals surface area (Å²) in [7, 11) is -4.59. The first-order valence-electron chi connectivity index (χ1n) is 4.26. The summed E-state index contributed by atoms with van der Waals surface area (Å²) in [5, 5.41) is 1.47. The van der Waals surface area contributed by atoms with Crippen LogP contribution < -0.4 is 0 Å². The van der Waals surface area contributed by atoms with E-state index in [-0.39, 0.29) is 0 Å². The quantitative estimate of drug-likeness (QED) is 0.410. The summed E-state index contributed by atoms with van der Waals surface area (Å²) in [6.45, 7) is 4.58. The lowest BCUT2D eigenvalue weighted by atomic mass is 10.3. The minimum atomic E-state index is -6.00. The van der Waals surface area contributed by atoms with Crippen LogP contribution in [-0.4, -0.2) is 36.4 Å². The largest absolute Gasteiger partial charge is 0.673 e. The van der Waals surface area contributed by atoms with Crippen LogP contribution in [0.15, 0.2) is 0 Å². The molecule has 88 valence electrons. The van der Waals surface area contributed by atoms with Crippen LogP contribution >= 0.6 is 0 Å². The molecule has 0 aliphatic carbocycles. The maximum atomic E-state index is 9.75. The minimum absolute atomic E-state index is 0.705. The monoisotopic (exact) mass is 253 g/mol. The highest BCUT2D eigenvalue weighted by Crippen LogP contribution is 2.06. The molecule has 0 N–H and O–H groups in total. The van der Waals surface area contributed by atoms with Crippen LogP contribution in [0.2, 0.25) is 0 Å². The van der Waals surface area contributed by atoms with Gasteiger partial charge in [0, 0.05) is 21.8 Å². The zero-order chi connectivity index (χ0) is 11.8. The Morgan fingerprint density at radius 3 is 1.21 bits per heavy atom. The zero-order valence-electron chi connectivity index (χ0n) is 9.03. The van der Waals surface area contributed by atoms with Crippen LogP contribution in [0, 0.1) is 0 Å². The molecule has 2 unspecified atom stereocenters. The molecule has 0 heterocycles. The van der Waals surface area contributed by atoms with Gasteiger partial charge in [0.2, 0.25) is 0 Å². The molecule has 0 aliphatic rings. The van der Waals surface area contributed by atoms with Gasteiger partial charge in [0.05, 0.1) is 0 Å².